The third kappa shape index (κ3) is 5.61. The highest BCUT2D eigenvalue weighted by Crippen LogP contribution is 2.41. The predicted octanol–water partition coefficient (Wildman–Crippen LogP) is 4.89. The number of benzene rings is 1. The second kappa shape index (κ2) is 10.4. The maximum Gasteiger partial charge on any atom is 0.410 e. The largest absolute Gasteiger partial charge is 0.454 e. The van der Waals surface area contributed by atoms with E-state index in [0.29, 0.717) is 36.5 Å². The van der Waals surface area contributed by atoms with Gasteiger partial charge in [-0.05, 0) is 65.2 Å². The Morgan fingerprint density at radius 1 is 1.25 bits per heavy atom. The van der Waals surface area contributed by atoms with Crippen molar-refractivity contribution in [3.63, 3.8) is 0 Å². The lowest BCUT2D eigenvalue weighted by molar-refractivity contribution is 0.0186. The standard InChI is InChI=1S/C25H34N6O4S/c1-7-16-11-17-18(34-14-33-17)12-19(16)36-23-29-20-21(26)27-13-28-22(20)31(23)10-8-9-30(15(2)3)24(32)35-25(4,5)6/h11-13,15H,7-10,14H2,1-6H3,(H2,26,27,28). The van der Waals surface area contributed by atoms with Crippen molar-refractivity contribution < 1.29 is 19.0 Å². The van der Waals surface area contributed by atoms with Gasteiger partial charge in [0.2, 0.25) is 6.79 Å². The number of imidazole rings is 1. The summed E-state index contributed by atoms with van der Waals surface area (Å²) in [6.07, 6.45) is 2.65. The van der Waals surface area contributed by atoms with Crippen LogP contribution in [0.1, 0.15) is 53.5 Å². The lowest BCUT2D eigenvalue weighted by Gasteiger charge is -2.30. The van der Waals surface area contributed by atoms with Gasteiger partial charge in [0.15, 0.2) is 33.6 Å². The summed E-state index contributed by atoms with van der Waals surface area (Å²) < 4.78 is 18.8. The van der Waals surface area contributed by atoms with Gasteiger partial charge in [0, 0.05) is 24.0 Å². The summed E-state index contributed by atoms with van der Waals surface area (Å²) in [7, 11) is 0. The maximum absolute atomic E-state index is 12.7. The molecule has 0 bridgehead atoms. The molecule has 0 saturated carbocycles. The Morgan fingerprint density at radius 2 is 1.97 bits per heavy atom. The molecule has 194 valence electrons. The molecule has 0 saturated heterocycles. The van der Waals surface area contributed by atoms with Crippen LogP contribution in [-0.4, -0.2) is 55.5 Å². The van der Waals surface area contributed by atoms with Crippen molar-refractivity contribution in [2.45, 2.75) is 82.6 Å². The van der Waals surface area contributed by atoms with Gasteiger partial charge in [0.25, 0.3) is 0 Å². The summed E-state index contributed by atoms with van der Waals surface area (Å²) in [5.41, 5.74) is 7.95. The number of nitrogen functional groups attached to an aromatic ring is 1. The van der Waals surface area contributed by atoms with Crippen molar-refractivity contribution in [3.8, 4) is 11.5 Å². The number of nitrogens with two attached hydrogens (primary N) is 1. The first-order chi connectivity index (χ1) is 17.1. The van der Waals surface area contributed by atoms with Gasteiger partial charge in [0.1, 0.15) is 11.9 Å². The van der Waals surface area contributed by atoms with Gasteiger partial charge < -0.3 is 29.4 Å². The number of hydrogen-bond acceptors (Lipinski definition) is 9. The fourth-order valence-corrected chi connectivity index (χ4v) is 5.05. The van der Waals surface area contributed by atoms with E-state index in [1.54, 1.807) is 4.90 Å². The van der Waals surface area contributed by atoms with Crippen molar-refractivity contribution in [1.29, 1.82) is 0 Å². The van der Waals surface area contributed by atoms with Crippen LogP contribution in [0.2, 0.25) is 0 Å². The van der Waals surface area contributed by atoms with E-state index in [1.807, 2.05) is 51.3 Å². The minimum atomic E-state index is -0.551. The molecule has 0 fully saturated rings. The van der Waals surface area contributed by atoms with E-state index in [9.17, 15) is 4.79 Å². The molecule has 3 heterocycles. The summed E-state index contributed by atoms with van der Waals surface area (Å²) in [5, 5.41) is 0.749. The van der Waals surface area contributed by atoms with E-state index in [0.717, 1.165) is 33.5 Å². The summed E-state index contributed by atoms with van der Waals surface area (Å²) in [5.74, 6) is 1.82. The number of fused-ring (bicyclic) bond motifs is 2. The Hall–Kier alpha value is -3.21. The monoisotopic (exact) mass is 514 g/mol. The first-order valence-electron chi connectivity index (χ1n) is 12.1. The van der Waals surface area contributed by atoms with Gasteiger partial charge in [-0.3, -0.25) is 0 Å². The van der Waals surface area contributed by atoms with E-state index in [4.69, 9.17) is 24.9 Å². The molecule has 4 rings (SSSR count). The average molecular weight is 515 g/mol. The molecule has 2 N–H and O–H groups in total. The maximum atomic E-state index is 12.7. The number of rotatable bonds is 8. The van der Waals surface area contributed by atoms with E-state index in [2.05, 4.69) is 16.9 Å². The topological polar surface area (TPSA) is 118 Å². The highest BCUT2D eigenvalue weighted by atomic mass is 32.2. The van der Waals surface area contributed by atoms with Crippen molar-refractivity contribution >= 4 is 34.8 Å². The van der Waals surface area contributed by atoms with Crippen LogP contribution < -0.4 is 15.2 Å². The lowest BCUT2D eigenvalue weighted by atomic mass is 10.1. The first kappa shape index (κ1) is 25.9. The quantitative estimate of drug-likeness (QED) is 0.448. The Kier molecular flexibility index (Phi) is 7.49. The minimum Gasteiger partial charge on any atom is -0.454 e. The Bertz CT molecular complexity index is 1250. The van der Waals surface area contributed by atoms with E-state index >= 15 is 0 Å². The zero-order chi connectivity index (χ0) is 26.0. The lowest BCUT2D eigenvalue weighted by Crippen LogP contribution is -2.41. The van der Waals surface area contributed by atoms with Crippen molar-refractivity contribution in [1.82, 2.24) is 24.4 Å². The van der Waals surface area contributed by atoms with Crippen molar-refractivity contribution in [2.75, 3.05) is 19.1 Å². The van der Waals surface area contributed by atoms with E-state index < -0.39 is 5.60 Å². The van der Waals surface area contributed by atoms with E-state index in [1.165, 1.54) is 18.1 Å². The molecule has 0 unspecified atom stereocenters. The second-order valence-corrected chi connectivity index (χ2v) is 10.9. The van der Waals surface area contributed by atoms with Crippen molar-refractivity contribution in [2.24, 2.45) is 0 Å². The van der Waals surface area contributed by atoms with Gasteiger partial charge in [-0.2, -0.15) is 0 Å². The summed E-state index contributed by atoms with van der Waals surface area (Å²) in [6.45, 7) is 13.0. The van der Waals surface area contributed by atoms with Crippen LogP contribution in [-0.2, 0) is 17.7 Å². The molecule has 0 radical (unpaired) electrons. The number of ether oxygens (including phenoxy) is 3. The Morgan fingerprint density at radius 3 is 2.64 bits per heavy atom. The zero-order valence-electron chi connectivity index (χ0n) is 21.7. The van der Waals surface area contributed by atoms with Gasteiger partial charge in [0.05, 0.1) is 0 Å². The van der Waals surface area contributed by atoms with Crippen LogP contribution in [0.25, 0.3) is 11.2 Å². The molecule has 1 aliphatic heterocycles. The molecule has 36 heavy (non-hydrogen) atoms. The highest BCUT2D eigenvalue weighted by Gasteiger charge is 2.25. The van der Waals surface area contributed by atoms with E-state index in [-0.39, 0.29) is 18.9 Å². The molecule has 10 nitrogen and oxygen atoms in total. The number of amides is 1. The third-order valence-electron chi connectivity index (χ3n) is 5.70. The third-order valence-corrected chi connectivity index (χ3v) is 6.79. The number of nitrogens with zero attached hydrogens (tertiary/aromatic N) is 5. The summed E-state index contributed by atoms with van der Waals surface area (Å²) in [6, 6.07) is 4.02. The smallest absolute Gasteiger partial charge is 0.410 e. The number of carbonyl (C=O) groups is 1. The number of aryl methyl sites for hydroxylation is 2. The molecule has 1 amide bonds. The minimum absolute atomic E-state index is 0.00643. The zero-order valence-corrected chi connectivity index (χ0v) is 22.5. The molecule has 1 aromatic carbocycles. The first-order valence-corrected chi connectivity index (χ1v) is 13.0. The van der Waals surface area contributed by atoms with Crippen LogP contribution in [0, 0.1) is 0 Å². The van der Waals surface area contributed by atoms with Crippen LogP contribution in [0.5, 0.6) is 11.5 Å². The molecule has 1 aliphatic rings. The Labute approximate surface area is 215 Å². The van der Waals surface area contributed by atoms with Crippen LogP contribution in [0.4, 0.5) is 10.6 Å². The number of aromatic nitrogens is 4. The number of carbonyl (C=O) groups excluding carboxylic acids is 1. The fraction of sp³-hybridized carbons (Fsp3) is 0.520. The Balaban J connectivity index is 1.60. The average Bonchev–Trinajstić information content (AvgIpc) is 3.39. The molecule has 0 aliphatic carbocycles. The molecule has 0 spiro atoms. The van der Waals surface area contributed by atoms with Gasteiger partial charge in [-0.1, -0.05) is 18.7 Å². The van der Waals surface area contributed by atoms with Crippen molar-refractivity contribution in [3.05, 3.63) is 24.0 Å². The van der Waals surface area contributed by atoms with Crippen LogP contribution >= 0.6 is 11.8 Å². The van der Waals surface area contributed by atoms with Gasteiger partial charge >= 0.3 is 6.09 Å². The number of anilines is 1. The van der Waals surface area contributed by atoms with Crippen LogP contribution in [0.15, 0.2) is 28.5 Å². The number of hydrogen-bond donors (Lipinski definition) is 1. The fourth-order valence-electron chi connectivity index (χ4n) is 3.93. The summed E-state index contributed by atoms with van der Waals surface area (Å²) >= 11 is 1.53. The highest BCUT2D eigenvalue weighted by molar-refractivity contribution is 7.99. The molecular formula is C25H34N6O4S. The molecule has 0 atom stereocenters. The predicted molar refractivity (Wildman–Crippen MR) is 138 cm³/mol. The molecule has 3 aromatic rings. The molecule has 2 aromatic heterocycles. The molecular weight excluding hydrogens is 480 g/mol. The SMILES string of the molecule is CCc1cc2c(cc1Sc1nc3c(N)ncnc3n1CCCN(C(=O)OC(C)(C)C)C(C)C)OCO2. The second-order valence-electron chi connectivity index (χ2n) is 9.87. The van der Waals surface area contributed by atoms with Gasteiger partial charge in [-0.15, -0.1) is 0 Å². The molecule has 11 heteroatoms. The summed E-state index contributed by atoms with van der Waals surface area (Å²) in [4.78, 5) is 28.9. The van der Waals surface area contributed by atoms with Crippen LogP contribution in [0.3, 0.4) is 0 Å². The van der Waals surface area contributed by atoms with Gasteiger partial charge in [-0.25, -0.2) is 19.7 Å². The normalized spacial score (nSPS) is 13.0.